The highest BCUT2D eigenvalue weighted by molar-refractivity contribution is 7.48. The molecule has 11 heteroatoms. The summed E-state index contributed by atoms with van der Waals surface area (Å²) in [6, 6.07) is 6.46. The molecule has 1 aromatic carbocycles. The average Bonchev–Trinajstić information content (AvgIpc) is 2.54. The Morgan fingerprint density at radius 2 is 1.77 bits per heavy atom. The van der Waals surface area contributed by atoms with Gasteiger partial charge >= 0.3 is 13.4 Å². The van der Waals surface area contributed by atoms with Crippen LogP contribution in [0.15, 0.2) is 29.1 Å². The highest BCUT2D eigenvalue weighted by Gasteiger charge is 2.34. The number of phosphoric acid groups is 1. The van der Waals surface area contributed by atoms with Gasteiger partial charge in [0, 0.05) is 0 Å². The molecule has 0 spiro atoms. The molecule has 0 saturated heterocycles. The van der Waals surface area contributed by atoms with E-state index in [0.29, 0.717) is 10.4 Å². The fraction of sp³-hybridized carbons (Fsp3) is 0.364. The summed E-state index contributed by atoms with van der Waals surface area (Å²) in [6.45, 7) is 3.32. The molecular weight excluding hydrogens is 317 g/mol. The van der Waals surface area contributed by atoms with E-state index < -0.39 is 13.4 Å². The number of nitrogens with zero attached hydrogens (tertiary/aromatic N) is 3. The van der Waals surface area contributed by atoms with Crippen molar-refractivity contribution in [1.82, 2.24) is 15.2 Å². The molecule has 22 heavy (non-hydrogen) atoms. The van der Waals surface area contributed by atoms with Crippen molar-refractivity contribution in [2.75, 3.05) is 13.2 Å². The summed E-state index contributed by atoms with van der Waals surface area (Å²) in [6.07, 6.45) is 0. The second-order valence-corrected chi connectivity index (χ2v) is 5.13. The molecule has 0 aliphatic carbocycles. The standard InChI is InChI=1S/C11H14N3O7P/c1-3-17-20-22(16,21-18-4-2)19-14-11(15)9-7-5-6-8-10(9)12-13-14/h5-8H,3-4H2,1-2H3. The number of hydrogen-bond donors (Lipinski definition) is 0. The van der Waals surface area contributed by atoms with Crippen LogP contribution in [0.25, 0.3) is 10.9 Å². The van der Waals surface area contributed by atoms with E-state index in [1.807, 2.05) is 0 Å². The normalized spacial score (nSPS) is 11.7. The first-order valence-electron chi connectivity index (χ1n) is 6.37. The lowest BCUT2D eigenvalue weighted by atomic mass is 10.2. The van der Waals surface area contributed by atoms with Crippen molar-refractivity contribution in [3.63, 3.8) is 0 Å². The molecule has 0 amide bonds. The van der Waals surface area contributed by atoms with Crippen LogP contribution in [-0.2, 0) is 23.7 Å². The lowest BCUT2D eigenvalue weighted by molar-refractivity contribution is -0.279. The van der Waals surface area contributed by atoms with Crippen LogP contribution in [0.3, 0.4) is 0 Å². The van der Waals surface area contributed by atoms with E-state index in [1.165, 1.54) is 6.07 Å². The highest BCUT2D eigenvalue weighted by atomic mass is 31.2. The molecule has 0 saturated carbocycles. The highest BCUT2D eigenvalue weighted by Crippen LogP contribution is 2.46. The van der Waals surface area contributed by atoms with Gasteiger partial charge in [-0.05, 0) is 36.0 Å². The summed E-state index contributed by atoms with van der Waals surface area (Å²) in [4.78, 5) is 21.6. The topological polar surface area (TPSA) is 111 Å². The van der Waals surface area contributed by atoms with Gasteiger partial charge in [-0.2, -0.15) is 0 Å². The maximum absolute atomic E-state index is 12.2. The van der Waals surface area contributed by atoms with Crippen LogP contribution in [0, 0.1) is 0 Å². The van der Waals surface area contributed by atoms with E-state index in [2.05, 4.69) is 29.4 Å². The smallest absolute Gasteiger partial charge is 0.285 e. The van der Waals surface area contributed by atoms with Crippen LogP contribution in [-0.4, -0.2) is 28.4 Å². The number of hydrogen-bond acceptors (Lipinski definition) is 9. The number of aromatic nitrogens is 3. The van der Waals surface area contributed by atoms with Crippen molar-refractivity contribution in [3.05, 3.63) is 34.6 Å². The third kappa shape index (κ3) is 3.87. The molecular formula is C11H14N3O7P. The van der Waals surface area contributed by atoms with Gasteiger partial charge in [-0.1, -0.05) is 12.1 Å². The van der Waals surface area contributed by atoms with Gasteiger partial charge in [-0.3, -0.25) is 9.42 Å². The predicted octanol–water partition coefficient (Wildman–Crippen LogP) is 1.26. The summed E-state index contributed by atoms with van der Waals surface area (Å²) in [7, 11) is -4.36. The van der Waals surface area contributed by atoms with E-state index in [1.54, 1.807) is 32.0 Å². The van der Waals surface area contributed by atoms with Crippen molar-refractivity contribution in [3.8, 4) is 0 Å². The molecule has 2 aromatic rings. The summed E-state index contributed by atoms with van der Waals surface area (Å²) in [5, 5.41) is 7.48. The molecule has 1 heterocycles. The Morgan fingerprint density at radius 1 is 1.14 bits per heavy atom. The van der Waals surface area contributed by atoms with Gasteiger partial charge in [0.25, 0.3) is 0 Å². The van der Waals surface area contributed by atoms with Gasteiger partial charge in [0.2, 0.25) is 0 Å². The van der Waals surface area contributed by atoms with Crippen LogP contribution in [0.1, 0.15) is 13.8 Å². The largest absolute Gasteiger partial charge is 0.606 e. The molecule has 0 radical (unpaired) electrons. The maximum Gasteiger partial charge on any atom is 0.606 e. The molecule has 0 unspecified atom stereocenters. The molecule has 0 bridgehead atoms. The van der Waals surface area contributed by atoms with Crippen LogP contribution in [0.4, 0.5) is 0 Å². The number of rotatable bonds is 8. The summed E-state index contributed by atoms with van der Waals surface area (Å²) < 4.78 is 26.1. The molecule has 0 aliphatic heterocycles. The molecule has 1 aromatic heterocycles. The summed E-state index contributed by atoms with van der Waals surface area (Å²) in [5.41, 5.74) is -0.329. The van der Waals surface area contributed by atoms with Gasteiger partial charge in [0.1, 0.15) is 5.52 Å². The van der Waals surface area contributed by atoms with E-state index in [0.717, 1.165) is 0 Å². The van der Waals surface area contributed by atoms with Crippen molar-refractivity contribution < 1.29 is 28.3 Å². The quantitative estimate of drug-likeness (QED) is 0.401. The monoisotopic (exact) mass is 331 g/mol. The molecule has 0 fully saturated rings. The fourth-order valence-corrected chi connectivity index (χ4v) is 2.24. The lowest BCUT2D eigenvalue weighted by Crippen LogP contribution is -2.30. The van der Waals surface area contributed by atoms with Gasteiger partial charge in [0.15, 0.2) is 0 Å². The first-order chi connectivity index (χ1) is 10.6. The molecule has 2 rings (SSSR count). The van der Waals surface area contributed by atoms with Gasteiger partial charge < -0.3 is 0 Å². The minimum Gasteiger partial charge on any atom is -0.285 e. The van der Waals surface area contributed by atoms with Crippen molar-refractivity contribution in [2.24, 2.45) is 0 Å². The SMILES string of the molecule is CCOOP(=O)(OOCC)On1nnc2ccccc2c1=O. The van der Waals surface area contributed by atoms with Crippen molar-refractivity contribution in [1.29, 1.82) is 0 Å². The second kappa shape index (κ2) is 7.43. The van der Waals surface area contributed by atoms with Crippen LogP contribution in [0.5, 0.6) is 0 Å². The van der Waals surface area contributed by atoms with Gasteiger partial charge in [-0.15, -0.1) is 14.4 Å². The minimum absolute atomic E-state index is 0.0706. The Morgan fingerprint density at radius 3 is 2.41 bits per heavy atom. The van der Waals surface area contributed by atoms with Gasteiger partial charge in [-0.25, -0.2) is 14.3 Å². The van der Waals surface area contributed by atoms with Gasteiger partial charge in [0.05, 0.1) is 18.6 Å². The van der Waals surface area contributed by atoms with Crippen molar-refractivity contribution in [2.45, 2.75) is 13.8 Å². The Bertz CT molecular complexity index is 723. The third-order valence-corrected chi connectivity index (χ3v) is 3.17. The Kier molecular flexibility index (Phi) is 5.58. The van der Waals surface area contributed by atoms with E-state index >= 15 is 0 Å². The summed E-state index contributed by atoms with van der Waals surface area (Å²) in [5.74, 6) is 0. The molecule has 0 N–H and O–H groups in total. The zero-order chi connectivity index (χ0) is 16.0. The van der Waals surface area contributed by atoms with E-state index in [-0.39, 0.29) is 18.6 Å². The Hall–Kier alpha value is -1.84. The fourth-order valence-electron chi connectivity index (χ4n) is 1.40. The minimum atomic E-state index is -4.36. The Labute approximate surface area is 124 Å². The van der Waals surface area contributed by atoms with E-state index in [4.69, 9.17) is 4.62 Å². The van der Waals surface area contributed by atoms with E-state index in [9.17, 15) is 9.36 Å². The number of benzene rings is 1. The van der Waals surface area contributed by atoms with Crippen LogP contribution >= 0.6 is 7.82 Å². The van der Waals surface area contributed by atoms with Crippen molar-refractivity contribution >= 4 is 18.7 Å². The summed E-state index contributed by atoms with van der Waals surface area (Å²) >= 11 is 0. The third-order valence-electron chi connectivity index (χ3n) is 2.24. The van der Waals surface area contributed by atoms with Crippen LogP contribution in [0.2, 0.25) is 0 Å². The maximum atomic E-state index is 12.2. The predicted molar refractivity (Wildman–Crippen MR) is 73.4 cm³/mol. The number of fused-ring (bicyclic) bond motifs is 1. The zero-order valence-corrected chi connectivity index (χ0v) is 12.8. The zero-order valence-electron chi connectivity index (χ0n) is 11.9. The first-order valence-corrected chi connectivity index (χ1v) is 7.83. The lowest BCUT2D eigenvalue weighted by Gasteiger charge is -2.14. The first kappa shape index (κ1) is 16.5. The average molecular weight is 331 g/mol. The molecule has 0 aliphatic rings. The molecule has 0 atom stereocenters. The molecule has 120 valence electrons. The molecule has 10 nitrogen and oxygen atoms in total. The Balaban J connectivity index is 2.31. The second-order valence-electron chi connectivity index (χ2n) is 3.78. The van der Waals surface area contributed by atoms with Crippen LogP contribution < -0.4 is 10.2 Å².